The van der Waals surface area contributed by atoms with Crippen LogP contribution in [0.15, 0.2) is 70.0 Å². The van der Waals surface area contributed by atoms with Crippen molar-refractivity contribution in [1.82, 2.24) is 10.2 Å². The van der Waals surface area contributed by atoms with Gasteiger partial charge in [0.25, 0.3) is 0 Å². The van der Waals surface area contributed by atoms with Crippen LogP contribution in [0.3, 0.4) is 0 Å². The van der Waals surface area contributed by atoms with E-state index in [1.807, 2.05) is 0 Å². The summed E-state index contributed by atoms with van der Waals surface area (Å²) in [5.41, 5.74) is 1.69. The molecular weight excluding hydrogens is 552 g/mol. The number of halogens is 3. The first-order valence-corrected chi connectivity index (χ1v) is 14.2. The molecule has 7 nitrogen and oxygen atoms in total. The van der Waals surface area contributed by atoms with E-state index in [2.05, 4.69) is 15.5 Å². The fourth-order valence-electron chi connectivity index (χ4n) is 4.30. The summed E-state index contributed by atoms with van der Waals surface area (Å²) in [6.45, 7) is 1.58. The van der Waals surface area contributed by atoms with Crippen LogP contribution in [0.1, 0.15) is 36.8 Å². The number of nitrogens with zero attached hydrogens (tertiary/aromatic N) is 2. The van der Waals surface area contributed by atoms with Crippen LogP contribution >= 0.6 is 23.2 Å². The summed E-state index contributed by atoms with van der Waals surface area (Å²) in [5, 5.41) is 11.8. The van der Waals surface area contributed by atoms with Crippen molar-refractivity contribution in [1.29, 1.82) is 0 Å². The number of nitrogens with one attached hydrogen (secondary N) is 1. The second-order valence-electron chi connectivity index (χ2n) is 9.09. The molecule has 11 heteroatoms. The topological polar surface area (TPSA) is 102 Å². The van der Waals surface area contributed by atoms with E-state index in [4.69, 9.17) is 27.6 Å². The largest absolute Gasteiger partial charge is 0.420 e. The van der Waals surface area contributed by atoms with Crippen molar-refractivity contribution >= 4 is 44.6 Å². The van der Waals surface area contributed by atoms with Gasteiger partial charge in [0.2, 0.25) is 17.7 Å². The van der Waals surface area contributed by atoms with E-state index in [0.717, 1.165) is 0 Å². The number of sulfone groups is 1. The molecule has 1 fully saturated rings. The lowest BCUT2D eigenvalue weighted by atomic mass is 9.95. The van der Waals surface area contributed by atoms with Crippen molar-refractivity contribution in [2.45, 2.75) is 36.5 Å². The summed E-state index contributed by atoms with van der Waals surface area (Å²) in [6, 6.07) is 15.2. The summed E-state index contributed by atoms with van der Waals surface area (Å²) >= 11 is 13.3. The first-order chi connectivity index (χ1) is 18.1. The van der Waals surface area contributed by atoms with Crippen molar-refractivity contribution in [2.24, 2.45) is 0 Å². The monoisotopic (exact) mass is 573 g/mol. The maximum absolute atomic E-state index is 13.3. The second-order valence-corrected chi connectivity index (χ2v) is 12.2. The minimum Gasteiger partial charge on any atom is -0.420 e. The number of rotatable bonds is 8. The SMILES string of the molecule is CCS(=O)(=O)c1ccc(CC(=O)Nc2cc(Cl)c(C3(c4nnc(-c5ccc(F)cc5)o4)CC3)c(Cl)c2)cc1. The van der Waals surface area contributed by atoms with Gasteiger partial charge in [0, 0.05) is 26.9 Å². The highest BCUT2D eigenvalue weighted by Crippen LogP contribution is 2.57. The molecule has 1 heterocycles. The van der Waals surface area contributed by atoms with Gasteiger partial charge in [0.05, 0.1) is 22.5 Å². The second kappa shape index (κ2) is 10.1. The Kier molecular flexibility index (Phi) is 7.02. The van der Waals surface area contributed by atoms with E-state index in [-0.39, 0.29) is 34.7 Å². The fraction of sp³-hybridized carbons (Fsp3) is 0.222. The van der Waals surface area contributed by atoms with Crippen LogP contribution in [0.25, 0.3) is 11.5 Å². The van der Waals surface area contributed by atoms with Crippen molar-refractivity contribution in [2.75, 3.05) is 11.1 Å². The predicted molar refractivity (Wildman–Crippen MR) is 143 cm³/mol. The molecular formula is C27H22Cl2FN3O4S. The van der Waals surface area contributed by atoms with Crippen LogP contribution in [-0.2, 0) is 26.5 Å². The Morgan fingerprint density at radius 1 is 1.03 bits per heavy atom. The van der Waals surface area contributed by atoms with Gasteiger partial charge in [-0.1, -0.05) is 42.3 Å². The molecule has 1 aliphatic rings. The average Bonchev–Trinajstić information content (AvgIpc) is 3.51. The summed E-state index contributed by atoms with van der Waals surface area (Å²) in [6.07, 6.45) is 1.45. The van der Waals surface area contributed by atoms with Crippen molar-refractivity contribution in [3.63, 3.8) is 0 Å². The van der Waals surface area contributed by atoms with Crippen molar-refractivity contribution in [3.05, 3.63) is 93.5 Å². The molecule has 0 atom stereocenters. The molecule has 0 bridgehead atoms. The normalized spacial score (nSPS) is 14.3. The van der Waals surface area contributed by atoms with Gasteiger partial charge in [0.1, 0.15) is 5.82 Å². The van der Waals surface area contributed by atoms with Gasteiger partial charge in [-0.15, -0.1) is 10.2 Å². The van der Waals surface area contributed by atoms with Crippen LogP contribution in [0.4, 0.5) is 10.1 Å². The maximum Gasteiger partial charge on any atom is 0.247 e. The number of hydrogen-bond acceptors (Lipinski definition) is 6. The lowest BCUT2D eigenvalue weighted by molar-refractivity contribution is -0.115. The number of amides is 1. The van der Waals surface area contributed by atoms with E-state index in [1.165, 1.54) is 24.3 Å². The van der Waals surface area contributed by atoms with Gasteiger partial charge < -0.3 is 9.73 Å². The summed E-state index contributed by atoms with van der Waals surface area (Å²) in [7, 11) is -3.31. The Bertz CT molecular complexity index is 1590. The molecule has 1 N–H and O–H groups in total. The summed E-state index contributed by atoms with van der Waals surface area (Å²) in [4.78, 5) is 12.9. The zero-order valence-electron chi connectivity index (χ0n) is 20.2. The maximum atomic E-state index is 13.3. The Balaban J connectivity index is 1.32. The Morgan fingerprint density at radius 3 is 2.24 bits per heavy atom. The van der Waals surface area contributed by atoms with Gasteiger partial charge in [-0.2, -0.15) is 0 Å². The van der Waals surface area contributed by atoms with Gasteiger partial charge in [0.15, 0.2) is 9.84 Å². The lowest BCUT2D eigenvalue weighted by Crippen LogP contribution is -2.16. The molecule has 3 aromatic carbocycles. The average molecular weight is 574 g/mol. The minimum absolute atomic E-state index is 0.00748. The molecule has 0 unspecified atom stereocenters. The highest BCUT2D eigenvalue weighted by atomic mass is 35.5. The first kappa shape index (κ1) is 26.3. The van der Waals surface area contributed by atoms with E-state index < -0.39 is 15.3 Å². The third-order valence-corrected chi connectivity index (χ3v) is 8.85. The Hall–Kier alpha value is -3.27. The van der Waals surface area contributed by atoms with Crippen LogP contribution in [0, 0.1) is 5.82 Å². The number of benzene rings is 3. The highest BCUT2D eigenvalue weighted by Gasteiger charge is 2.53. The molecule has 0 radical (unpaired) electrons. The van der Waals surface area contributed by atoms with Crippen LogP contribution < -0.4 is 5.32 Å². The molecule has 0 aliphatic heterocycles. The van der Waals surface area contributed by atoms with Crippen LogP contribution in [0.5, 0.6) is 0 Å². The van der Waals surface area contributed by atoms with E-state index in [0.29, 0.717) is 51.2 Å². The van der Waals surface area contributed by atoms with Gasteiger partial charge in [-0.3, -0.25) is 4.79 Å². The quantitative estimate of drug-likeness (QED) is 0.268. The van der Waals surface area contributed by atoms with E-state index >= 15 is 0 Å². The zero-order chi connectivity index (χ0) is 27.1. The molecule has 38 heavy (non-hydrogen) atoms. The van der Waals surface area contributed by atoms with Crippen molar-refractivity contribution in [3.8, 4) is 11.5 Å². The summed E-state index contributed by atoms with van der Waals surface area (Å²) < 4.78 is 43.2. The third kappa shape index (κ3) is 5.18. The van der Waals surface area contributed by atoms with Gasteiger partial charge in [-0.05, 0) is 66.9 Å². The Labute approximate surface area is 228 Å². The van der Waals surface area contributed by atoms with E-state index in [9.17, 15) is 17.6 Å². The van der Waals surface area contributed by atoms with Crippen LogP contribution in [0.2, 0.25) is 10.0 Å². The standard InChI is InChI=1S/C27H22Cl2FN3O4S/c1-2-38(35,36)20-9-3-16(4-10-20)13-23(34)31-19-14-21(28)24(22(29)15-19)27(11-12-27)26-33-32-25(37-26)17-5-7-18(30)8-6-17/h3-10,14-15H,2,11-13H2,1H3,(H,31,34). The molecule has 196 valence electrons. The number of anilines is 1. The number of carbonyl (C=O) groups excluding carboxylic acids is 1. The minimum atomic E-state index is -3.31. The predicted octanol–water partition coefficient (Wildman–Crippen LogP) is 6.24. The van der Waals surface area contributed by atoms with E-state index in [1.54, 1.807) is 43.3 Å². The number of aromatic nitrogens is 2. The number of hydrogen-bond donors (Lipinski definition) is 1. The number of carbonyl (C=O) groups is 1. The third-order valence-electron chi connectivity index (χ3n) is 6.51. The highest BCUT2D eigenvalue weighted by molar-refractivity contribution is 7.91. The molecule has 0 spiro atoms. The molecule has 1 aromatic heterocycles. The van der Waals surface area contributed by atoms with Gasteiger partial charge >= 0.3 is 0 Å². The molecule has 1 amide bonds. The molecule has 5 rings (SSSR count). The summed E-state index contributed by atoms with van der Waals surface area (Å²) in [5.74, 6) is -0.0297. The van der Waals surface area contributed by atoms with Crippen molar-refractivity contribution < 1.29 is 22.0 Å². The molecule has 0 saturated heterocycles. The van der Waals surface area contributed by atoms with Gasteiger partial charge in [-0.25, -0.2) is 12.8 Å². The molecule has 1 aliphatic carbocycles. The molecule has 1 saturated carbocycles. The fourth-order valence-corrected chi connectivity index (χ4v) is 6.03. The zero-order valence-corrected chi connectivity index (χ0v) is 22.5. The smallest absolute Gasteiger partial charge is 0.247 e. The molecule has 4 aromatic rings. The lowest BCUT2D eigenvalue weighted by Gasteiger charge is -2.17. The Morgan fingerprint density at radius 2 is 1.66 bits per heavy atom. The van der Waals surface area contributed by atoms with Crippen LogP contribution in [-0.4, -0.2) is 30.3 Å². The first-order valence-electron chi connectivity index (χ1n) is 11.8.